The summed E-state index contributed by atoms with van der Waals surface area (Å²) in [5, 5.41) is 8.56. The molecule has 2 aromatic heterocycles. The van der Waals surface area contributed by atoms with Crippen LogP contribution in [-0.4, -0.2) is 43.8 Å². The number of nitrogens with zero attached hydrogens (tertiary/aromatic N) is 5. The minimum absolute atomic E-state index is 0.0542. The lowest BCUT2D eigenvalue weighted by Gasteiger charge is -2.32. The van der Waals surface area contributed by atoms with Crippen molar-refractivity contribution < 1.29 is 9.32 Å². The van der Waals surface area contributed by atoms with Crippen molar-refractivity contribution in [3.63, 3.8) is 0 Å². The van der Waals surface area contributed by atoms with Gasteiger partial charge in [-0.2, -0.15) is 10.1 Å². The summed E-state index contributed by atoms with van der Waals surface area (Å²) in [5.74, 6) is 2.47. The lowest BCUT2D eigenvalue weighted by atomic mass is 9.94. The Morgan fingerprint density at radius 2 is 2.03 bits per heavy atom. The Morgan fingerprint density at radius 3 is 2.83 bits per heavy atom. The van der Waals surface area contributed by atoms with Gasteiger partial charge in [-0.3, -0.25) is 4.79 Å². The van der Waals surface area contributed by atoms with Gasteiger partial charge >= 0.3 is 0 Å². The molecule has 29 heavy (non-hydrogen) atoms. The van der Waals surface area contributed by atoms with Crippen molar-refractivity contribution in [3.05, 3.63) is 59.5 Å². The molecule has 5 rings (SSSR count). The smallest absolute Gasteiger partial charge is 0.257 e. The molecule has 7 nitrogen and oxygen atoms in total. The van der Waals surface area contributed by atoms with Gasteiger partial charge in [0, 0.05) is 25.4 Å². The number of aromatic nitrogens is 4. The highest BCUT2D eigenvalue weighted by Crippen LogP contribution is 2.38. The third kappa shape index (κ3) is 3.69. The molecule has 1 aliphatic carbocycles. The second kappa shape index (κ2) is 7.46. The Bertz CT molecular complexity index is 1010. The van der Waals surface area contributed by atoms with E-state index in [9.17, 15) is 4.79 Å². The molecule has 0 radical (unpaired) electrons. The molecule has 2 aliphatic rings. The first-order valence-electron chi connectivity index (χ1n) is 10.4. The zero-order valence-electron chi connectivity index (χ0n) is 16.6. The molecular formula is C22H25N5O2. The van der Waals surface area contributed by atoms with Gasteiger partial charge < -0.3 is 9.42 Å². The number of hydrogen-bond donors (Lipinski definition) is 0. The van der Waals surface area contributed by atoms with Crippen LogP contribution in [-0.2, 0) is 6.42 Å². The van der Waals surface area contributed by atoms with Crippen LogP contribution in [0.3, 0.4) is 0 Å². The number of carbonyl (C=O) groups is 1. The Balaban J connectivity index is 1.28. The van der Waals surface area contributed by atoms with E-state index in [1.54, 1.807) is 6.20 Å². The summed E-state index contributed by atoms with van der Waals surface area (Å²) in [6.07, 6.45) is 6.83. The van der Waals surface area contributed by atoms with Crippen LogP contribution in [0.2, 0.25) is 0 Å². The molecule has 1 saturated carbocycles. The summed E-state index contributed by atoms with van der Waals surface area (Å²) in [5.41, 5.74) is 2.50. The fourth-order valence-corrected chi connectivity index (χ4v) is 4.14. The van der Waals surface area contributed by atoms with Crippen LogP contribution >= 0.6 is 0 Å². The molecule has 7 heteroatoms. The number of hydrogen-bond acceptors (Lipinski definition) is 5. The molecule has 0 bridgehead atoms. The summed E-state index contributed by atoms with van der Waals surface area (Å²) in [6.45, 7) is 3.45. The fourth-order valence-electron chi connectivity index (χ4n) is 4.14. The van der Waals surface area contributed by atoms with Gasteiger partial charge in [-0.15, -0.1) is 0 Å². The first kappa shape index (κ1) is 18.1. The van der Waals surface area contributed by atoms with Gasteiger partial charge in [-0.05, 0) is 50.7 Å². The second-order valence-corrected chi connectivity index (χ2v) is 8.18. The Morgan fingerprint density at radius 1 is 1.21 bits per heavy atom. The number of carbonyl (C=O) groups excluding carboxylic acids is 1. The van der Waals surface area contributed by atoms with Crippen LogP contribution in [0.5, 0.6) is 0 Å². The Kier molecular flexibility index (Phi) is 4.66. The van der Waals surface area contributed by atoms with E-state index in [-0.39, 0.29) is 5.91 Å². The summed E-state index contributed by atoms with van der Waals surface area (Å²) in [7, 11) is 0. The molecule has 0 N–H and O–H groups in total. The third-order valence-electron chi connectivity index (χ3n) is 5.94. The minimum Gasteiger partial charge on any atom is -0.339 e. The highest BCUT2D eigenvalue weighted by Gasteiger charge is 2.31. The van der Waals surface area contributed by atoms with Gasteiger partial charge in [0.1, 0.15) is 0 Å². The molecule has 3 heterocycles. The van der Waals surface area contributed by atoms with Crippen molar-refractivity contribution in [2.75, 3.05) is 13.1 Å². The molecule has 3 aromatic rings. The highest BCUT2D eigenvalue weighted by atomic mass is 16.5. The zero-order valence-corrected chi connectivity index (χ0v) is 16.6. The molecular weight excluding hydrogens is 366 g/mol. The summed E-state index contributed by atoms with van der Waals surface area (Å²) < 4.78 is 7.27. The standard InChI is InChI=1S/C22H25N5O2/c1-15-19(13-23-27(15)18-7-3-2-4-8-18)22(28)26-11-5-6-16(14-26)12-20-24-21(25-29-20)17-9-10-17/h2-4,7-8,13,16-17H,5-6,9-12,14H2,1H3/t16-/m0/s1. The third-order valence-corrected chi connectivity index (χ3v) is 5.94. The van der Waals surface area contributed by atoms with E-state index in [0.29, 0.717) is 23.3 Å². The monoisotopic (exact) mass is 391 g/mol. The topological polar surface area (TPSA) is 77.1 Å². The van der Waals surface area contributed by atoms with E-state index in [2.05, 4.69) is 15.2 Å². The van der Waals surface area contributed by atoms with Gasteiger partial charge in [-0.1, -0.05) is 23.4 Å². The SMILES string of the molecule is Cc1c(C(=O)N2CCC[C@@H](Cc3nc(C4CC4)no3)C2)cnn1-c1ccccc1. The average Bonchev–Trinajstić information content (AvgIpc) is 3.38. The number of benzene rings is 1. The van der Waals surface area contributed by atoms with Crippen molar-refractivity contribution in [2.45, 2.75) is 44.9 Å². The summed E-state index contributed by atoms with van der Waals surface area (Å²) in [6, 6.07) is 9.90. The molecule has 1 atom stereocenters. The molecule has 2 fully saturated rings. The number of rotatable bonds is 5. The Hall–Kier alpha value is -2.96. The fraction of sp³-hybridized carbons (Fsp3) is 0.455. The van der Waals surface area contributed by atoms with Crippen molar-refractivity contribution >= 4 is 5.91 Å². The Labute approximate surface area is 169 Å². The molecule has 150 valence electrons. The predicted molar refractivity (Wildman–Crippen MR) is 107 cm³/mol. The highest BCUT2D eigenvalue weighted by molar-refractivity contribution is 5.95. The van der Waals surface area contributed by atoms with Gasteiger partial charge in [0.2, 0.25) is 5.89 Å². The molecule has 0 unspecified atom stereocenters. The quantitative estimate of drug-likeness (QED) is 0.665. The van der Waals surface area contributed by atoms with E-state index >= 15 is 0 Å². The first-order valence-corrected chi connectivity index (χ1v) is 10.4. The van der Waals surface area contributed by atoms with E-state index in [1.165, 1.54) is 12.8 Å². The van der Waals surface area contributed by atoms with Crippen LogP contribution in [0.15, 0.2) is 41.1 Å². The number of likely N-dealkylation sites (tertiary alicyclic amines) is 1. The van der Waals surface area contributed by atoms with Gasteiger partial charge in [0.05, 0.1) is 23.1 Å². The predicted octanol–water partition coefficient (Wildman–Crippen LogP) is 3.54. The number of para-hydroxylation sites is 1. The van der Waals surface area contributed by atoms with Crippen LogP contribution in [0.25, 0.3) is 5.69 Å². The maximum absolute atomic E-state index is 13.2. The van der Waals surface area contributed by atoms with Crippen molar-refractivity contribution in [3.8, 4) is 5.69 Å². The molecule has 1 amide bonds. The normalized spacial score (nSPS) is 19.5. The summed E-state index contributed by atoms with van der Waals surface area (Å²) >= 11 is 0. The molecule has 1 aliphatic heterocycles. The van der Waals surface area contributed by atoms with Gasteiger partial charge in [0.15, 0.2) is 5.82 Å². The van der Waals surface area contributed by atoms with E-state index in [0.717, 1.165) is 49.6 Å². The maximum Gasteiger partial charge on any atom is 0.257 e. The second-order valence-electron chi connectivity index (χ2n) is 8.18. The van der Waals surface area contributed by atoms with E-state index in [1.807, 2.05) is 46.8 Å². The maximum atomic E-state index is 13.2. The summed E-state index contributed by atoms with van der Waals surface area (Å²) in [4.78, 5) is 19.7. The van der Waals surface area contributed by atoms with Crippen LogP contribution in [0.1, 0.15) is 59.4 Å². The van der Waals surface area contributed by atoms with Crippen LogP contribution in [0.4, 0.5) is 0 Å². The molecule has 1 saturated heterocycles. The largest absolute Gasteiger partial charge is 0.339 e. The van der Waals surface area contributed by atoms with E-state index < -0.39 is 0 Å². The van der Waals surface area contributed by atoms with Gasteiger partial charge in [-0.25, -0.2) is 4.68 Å². The molecule has 1 aromatic carbocycles. The number of amides is 1. The average molecular weight is 391 g/mol. The van der Waals surface area contributed by atoms with Crippen molar-refractivity contribution in [1.29, 1.82) is 0 Å². The van der Waals surface area contributed by atoms with E-state index in [4.69, 9.17) is 4.52 Å². The minimum atomic E-state index is 0.0542. The lowest BCUT2D eigenvalue weighted by Crippen LogP contribution is -2.40. The zero-order chi connectivity index (χ0) is 19.8. The van der Waals surface area contributed by atoms with Crippen LogP contribution in [0, 0.1) is 12.8 Å². The van der Waals surface area contributed by atoms with Crippen LogP contribution < -0.4 is 0 Å². The number of piperidine rings is 1. The van der Waals surface area contributed by atoms with Crippen molar-refractivity contribution in [1.82, 2.24) is 24.8 Å². The lowest BCUT2D eigenvalue weighted by molar-refractivity contribution is 0.0667. The molecule has 0 spiro atoms. The van der Waals surface area contributed by atoms with Crippen molar-refractivity contribution in [2.24, 2.45) is 5.92 Å². The van der Waals surface area contributed by atoms with Gasteiger partial charge in [0.25, 0.3) is 5.91 Å². The first-order chi connectivity index (χ1) is 14.2.